The van der Waals surface area contributed by atoms with Crippen LogP contribution in [0.25, 0.3) is 61.9 Å². The van der Waals surface area contributed by atoms with Crippen molar-refractivity contribution in [3.05, 3.63) is 109 Å². The zero-order valence-corrected chi connectivity index (χ0v) is 20.0. The quantitative estimate of drug-likeness (QED) is 0.215. The summed E-state index contributed by atoms with van der Waals surface area (Å²) >= 11 is -0.375. The van der Waals surface area contributed by atoms with Gasteiger partial charge in [0.15, 0.2) is 0 Å². The number of aromatic nitrogens is 2. The number of para-hydroxylation sites is 1. The predicted molar refractivity (Wildman–Crippen MR) is 140 cm³/mol. The van der Waals surface area contributed by atoms with E-state index < -0.39 is 0 Å². The minimum atomic E-state index is -0.375. The molecule has 154 valence electrons. The van der Waals surface area contributed by atoms with Crippen molar-refractivity contribution in [3.8, 4) is 22.6 Å². The molecule has 0 atom stereocenters. The van der Waals surface area contributed by atoms with Crippen LogP contribution >= 0.6 is 0 Å². The van der Waals surface area contributed by atoms with Crippen molar-refractivity contribution < 1.29 is 0 Å². The van der Waals surface area contributed by atoms with Crippen LogP contribution in [0.15, 0.2) is 109 Å². The molecule has 33 heavy (non-hydrogen) atoms. The van der Waals surface area contributed by atoms with Crippen LogP contribution in [0.4, 0.5) is 0 Å². The molecule has 2 heterocycles. The van der Waals surface area contributed by atoms with E-state index in [0.717, 1.165) is 33.5 Å². The Kier molecular flexibility index (Phi) is 4.33. The molecule has 7 aromatic rings. The SMILES string of the molecule is c1ccc2cc(-c3nc(-c4ccc5c(c4)[te]c4ccccc45)nc4ccccc34)ccc2c1. The second-order valence-electron chi connectivity index (χ2n) is 8.28. The summed E-state index contributed by atoms with van der Waals surface area (Å²) in [5.74, 6) is 0.795. The van der Waals surface area contributed by atoms with Crippen molar-refractivity contribution in [2.24, 2.45) is 0 Å². The van der Waals surface area contributed by atoms with Gasteiger partial charge in [0, 0.05) is 0 Å². The summed E-state index contributed by atoms with van der Waals surface area (Å²) in [6.45, 7) is 0. The molecule has 0 radical (unpaired) electrons. The fourth-order valence-electron chi connectivity index (χ4n) is 4.63. The van der Waals surface area contributed by atoms with Crippen LogP contribution in [0.2, 0.25) is 0 Å². The van der Waals surface area contributed by atoms with Crippen LogP contribution in [0.5, 0.6) is 0 Å². The number of hydrogen-bond acceptors (Lipinski definition) is 2. The molecule has 0 fully saturated rings. The van der Waals surface area contributed by atoms with Crippen molar-refractivity contribution in [3.63, 3.8) is 0 Å². The number of benzene rings is 5. The van der Waals surface area contributed by atoms with Gasteiger partial charge in [-0.05, 0) is 0 Å². The first-order chi connectivity index (χ1) is 16.3. The minimum absolute atomic E-state index is 0.375. The number of hydrogen-bond donors (Lipinski definition) is 0. The van der Waals surface area contributed by atoms with Crippen molar-refractivity contribution in [1.29, 1.82) is 0 Å². The van der Waals surface area contributed by atoms with Gasteiger partial charge in [-0.15, -0.1) is 0 Å². The van der Waals surface area contributed by atoms with Gasteiger partial charge >= 0.3 is 201 Å². The molecule has 0 amide bonds. The molecule has 0 unspecified atom stereocenters. The summed E-state index contributed by atoms with van der Waals surface area (Å²) in [5.41, 5.74) is 4.18. The first kappa shape index (κ1) is 19.0. The van der Waals surface area contributed by atoms with Crippen LogP contribution < -0.4 is 0 Å². The maximum absolute atomic E-state index is 5.13. The van der Waals surface area contributed by atoms with Gasteiger partial charge in [-0.1, -0.05) is 0 Å². The normalized spacial score (nSPS) is 11.6. The Labute approximate surface area is 200 Å². The molecular weight excluding hydrogens is 516 g/mol. The summed E-state index contributed by atoms with van der Waals surface area (Å²) in [5, 5.41) is 6.33. The third-order valence-corrected chi connectivity index (χ3v) is 9.50. The van der Waals surface area contributed by atoms with Crippen molar-refractivity contribution in [2.45, 2.75) is 0 Å². The summed E-state index contributed by atoms with van der Waals surface area (Å²) in [7, 11) is 0. The van der Waals surface area contributed by atoms with E-state index >= 15 is 0 Å². The van der Waals surface area contributed by atoms with E-state index in [2.05, 4.69) is 109 Å². The molecule has 0 saturated heterocycles. The van der Waals surface area contributed by atoms with Gasteiger partial charge in [-0.25, -0.2) is 0 Å². The maximum atomic E-state index is 5.13. The van der Waals surface area contributed by atoms with E-state index in [9.17, 15) is 0 Å². The molecule has 0 aliphatic rings. The van der Waals surface area contributed by atoms with Crippen molar-refractivity contribution in [1.82, 2.24) is 9.97 Å². The summed E-state index contributed by atoms with van der Waals surface area (Å²) in [6, 6.07) is 39.0. The van der Waals surface area contributed by atoms with Crippen molar-refractivity contribution in [2.75, 3.05) is 0 Å². The molecule has 0 aliphatic carbocycles. The zero-order chi connectivity index (χ0) is 21.8. The standard InChI is InChI=1S/C30H18N2Te/c1-2-8-20-17-21(14-13-19(20)7-1)29-25-10-3-5-11-26(25)31-30(32-29)22-15-16-24-23-9-4-6-12-27(23)33-28(24)18-22/h1-18H. The molecule has 0 aliphatic heterocycles. The molecule has 7 rings (SSSR count). The second kappa shape index (κ2) is 7.52. The van der Waals surface area contributed by atoms with E-state index in [0.29, 0.717) is 0 Å². The van der Waals surface area contributed by atoms with E-state index in [4.69, 9.17) is 9.97 Å². The van der Waals surface area contributed by atoms with Gasteiger partial charge in [0.05, 0.1) is 0 Å². The van der Waals surface area contributed by atoms with Gasteiger partial charge < -0.3 is 0 Å². The Morgan fingerprint density at radius 3 is 2.15 bits per heavy atom. The fraction of sp³-hybridized carbons (Fsp3) is 0. The van der Waals surface area contributed by atoms with Crippen molar-refractivity contribution >= 4 is 59.7 Å². The zero-order valence-electron chi connectivity index (χ0n) is 17.7. The second-order valence-corrected chi connectivity index (χ2v) is 11.4. The van der Waals surface area contributed by atoms with E-state index in [-0.39, 0.29) is 20.4 Å². The van der Waals surface area contributed by atoms with Crippen LogP contribution in [0, 0.1) is 0 Å². The average Bonchev–Trinajstić information content (AvgIpc) is 3.25. The Morgan fingerprint density at radius 2 is 1.21 bits per heavy atom. The summed E-state index contributed by atoms with van der Waals surface area (Å²) in [6.07, 6.45) is 0. The predicted octanol–water partition coefficient (Wildman–Crippen LogP) is 7.48. The van der Waals surface area contributed by atoms with E-state index in [1.54, 1.807) is 0 Å². The third-order valence-electron chi connectivity index (χ3n) is 6.26. The summed E-state index contributed by atoms with van der Waals surface area (Å²) < 4.78 is 2.99. The fourth-order valence-corrected chi connectivity index (χ4v) is 7.90. The molecule has 0 spiro atoms. The Balaban J connectivity index is 1.46. The third kappa shape index (κ3) is 3.16. The van der Waals surface area contributed by atoms with E-state index in [1.165, 1.54) is 28.3 Å². The number of nitrogens with zero attached hydrogens (tertiary/aromatic N) is 2. The van der Waals surface area contributed by atoms with Gasteiger partial charge in [0.1, 0.15) is 0 Å². The average molecular weight is 534 g/mol. The van der Waals surface area contributed by atoms with Gasteiger partial charge in [-0.2, -0.15) is 0 Å². The Bertz CT molecular complexity index is 1830. The number of fused-ring (bicyclic) bond motifs is 5. The van der Waals surface area contributed by atoms with Crippen LogP contribution in [0.1, 0.15) is 0 Å². The Morgan fingerprint density at radius 1 is 0.485 bits per heavy atom. The number of rotatable bonds is 2. The molecule has 0 saturated carbocycles. The molecule has 2 nitrogen and oxygen atoms in total. The molecule has 0 bridgehead atoms. The van der Waals surface area contributed by atoms with Gasteiger partial charge in [-0.3, -0.25) is 0 Å². The van der Waals surface area contributed by atoms with Crippen LogP contribution in [-0.4, -0.2) is 30.4 Å². The Hall–Kier alpha value is -3.51. The molecule has 2 aromatic heterocycles. The molecule has 3 heteroatoms. The molecular formula is C30H18N2Te. The molecule has 0 N–H and O–H groups in total. The monoisotopic (exact) mass is 536 g/mol. The van der Waals surface area contributed by atoms with E-state index in [1.807, 2.05) is 0 Å². The van der Waals surface area contributed by atoms with Crippen LogP contribution in [0.3, 0.4) is 0 Å². The first-order valence-electron chi connectivity index (χ1n) is 11.0. The first-order valence-corrected chi connectivity index (χ1v) is 13.3. The van der Waals surface area contributed by atoms with Crippen LogP contribution in [-0.2, 0) is 0 Å². The van der Waals surface area contributed by atoms with Gasteiger partial charge in [0.25, 0.3) is 0 Å². The summed E-state index contributed by atoms with van der Waals surface area (Å²) in [4.78, 5) is 10.1. The van der Waals surface area contributed by atoms with Gasteiger partial charge in [0.2, 0.25) is 0 Å². The molecule has 5 aromatic carbocycles. The topological polar surface area (TPSA) is 25.8 Å².